The van der Waals surface area contributed by atoms with Gasteiger partial charge in [0.1, 0.15) is 23.1 Å². The number of aromatic nitrogens is 2. The van der Waals surface area contributed by atoms with Crippen LogP contribution in [0.2, 0.25) is 0 Å². The van der Waals surface area contributed by atoms with E-state index in [4.69, 9.17) is 9.26 Å². The number of nitrogens with zero attached hydrogens (tertiary/aromatic N) is 2. The summed E-state index contributed by atoms with van der Waals surface area (Å²) in [5.74, 6) is -1.08. The molecule has 1 heterocycles. The van der Waals surface area contributed by atoms with E-state index in [1.807, 2.05) is 0 Å². The van der Waals surface area contributed by atoms with Crippen LogP contribution in [-0.4, -0.2) is 22.4 Å². The van der Waals surface area contributed by atoms with E-state index in [1.54, 1.807) is 6.07 Å². The van der Waals surface area contributed by atoms with Gasteiger partial charge >= 0.3 is 0 Å². The van der Waals surface area contributed by atoms with E-state index < -0.39 is 11.6 Å². The first kappa shape index (κ1) is 14.0. The van der Waals surface area contributed by atoms with Crippen molar-refractivity contribution in [2.45, 2.75) is 0 Å². The smallest absolute Gasteiger partial charge is 0.262 e. The van der Waals surface area contributed by atoms with E-state index >= 15 is 0 Å². The van der Waals surface area contributed by atoms with Crippen molar-refractivity contribution in [2.24, 2.45) is 0 Å². The molecule has 0 saturated heterocycles. The highest BCUT2D eigenvalue weighted by Crippen LogP contribution is 2.32. The summed E-state index contributed by atoms with van der Waals surface area (Å²) in [6.45, 7) is 0. The van der Waals surface area contributed by atoms with Crippen molar-refractivity contribution < 1.29 is 23.1 Å². The first-order chi connectivity index (χ1) is 10.6. The molecule has 22 heavy (non-hydrogen) atoms. The summed E-state index contributed by atoms with van der Waals surface area (Å²) < 4.78 is 36.4. The maximum atomic E-state index is 13.2. The third kappa shape index (κ3) is 2.60. The molecule has 0 radical (unpaired) electrons. The van der Waals surface area contributed by atoms with Gasteiger partial charge in [0.2, 0.25) is 5.82 Å². The van der Waals surface area contributed by atoms with E-state index in [2.05, 4.69) is 10.1 Å². The third-order valence-electron chi connectivity index (χ3n) is 2.98. The van der Waals surface area contributed by atoms with Gasteiger partial charge in [0.25, 0.3) is 5.89 Å². The van der Waals surface area contributed by atoms with E-state index in [9.17, 15) is 13.9 Å². The van der Waals surface area contributed by atoms with Crippen LogP contribution in [0.25, 0.3) is 22.8 Å². The van der Waals surface area contributed by atoms with Gasteiger partial charge in [0.05, 0.1) is 12.7 Å². The quantitative estimate of drug-likeness (QED) is 0.803. The second-order valence-corrected chi connectivity index (χ2v) is 4.46. The average molecular weight is 304 g/mol. The molecule has 0 aliphatic heterocycles. The van der Waals surface area contributed by atoms with Gasteiger partial charge in [-0.2, -0.15) is 4.98 Å². The molecule has 1 aromatic heterocycles. The minimum absolute atomic E-state index is 0.0172. The monoisotopic (exact) mass is 304 g/mol. The fourth-order valence-corrected chi connectivity index (χ4v) is 1.95. The molecule has 0 unspecified atom stereocenters. The Hall–Kier alpha value is -2.96. The van der Waals surface area contributed by atoms with Crippen LogP contribution in [-0.2, 0) is 0 Å². The number of methoxy groups -OCH3 is 1. The Labute approximate surface area is 123 Å². The zero-order valence-corrected chi connectivity index (χ0v) is 11.4. The van der Waals surface area contributed by atoms with Crippen LogP contribution < -0.4 is 4.74 Å². The van der Waals surface area contributed by atoms with Gasteiger partial charge in [0, 0.05) is 17.7 Å². The molecule has 0 aliphatic carbocycles. The van der Waals surface area contributed by atoms with Crippen LogP contribution in [0.4, 0.5) is 8.78 Å². The molecule has 5 nitrogen and oxygen atoms in total. The number of halogens is 2. The summed E-state index contributed by atoms with van der Waals surface area (Å²) in [7, 11) is 1.47. The minimum atomic E-state index is -0.742. The van der Waals surface area contributed by atoms with Crippen molar-refractivity contribution >= 4 is 0 Å². The van der Waals surface area contributed by atoms with Crippen molar-refractivity contribution in [1.29, 1.82) is 0 Å². The second kappa shape index (κ2) is 5.44. The fourth-order valence-electron chi connectivity index (χ4n) is 1.95. The molecule has 7 heteroatoms. The topological polar surface area (TPSA) is 68.4 Å². The number of ether oxygens (including phenoxy) is 1. The predicted molar refractivity (Wildman–Crippen MR) is 73.3 cm³/mol. The molecule has 0 spiro atoms. The lowest BCUT2D eigenvalue weighted by Crippen LogP contribution is -1.87. The lowest BCUT2D eigenvalue weighted by atomic mass is 10.2. The van der Waals surface area contributed by atoms with Crippen molar-refractivity contribution in [3.05, 3.63) is 48.0 Å². The van der Waals surface area contributed by atoms with Gasteiger partial charge < -0.3 is 14.4 Å². The average Bonchev–Trinajstić information content (AvgIpc) is 2.95. The highest BCUT2D eigenvalue weighted by molar-refractivity contribution is 5.66. The number of benzene rings is 2. The van der Waals surface area contributed by atoms with Crippen LogP contribution >= 0.6 is 0 Å². The SMILES string of the molecule is COc1ccc(-c2nc(-c3cc(F)cc(F)c3)no2)c(O)c1. The van der Waals surface area contributed by atoms with Gasteiger partial charge in [-0.15, -0.1) is 0 Å². The van der Waals surface area contributed by atoms with E-state index in [1.165, 1.54) is 19.2 Å². The summed E-state index contributed by atoms with van der Waals surface area (Å²) in [5.41, 5.74) is 0.428. The number of rotatable bonds is 3. The summed E-state index contributed by atoms with van der Waals surface area (Å²) >= 11 is 0. The molecule has 0 atom stereocenters. The molecule has 3 rings (SSSR count). The molecule has 0 aliphatic rings. The number of aromatic hydroxyl groups is 1. The number of phenolic OH excluding ortho intramolecular Hbond substituents is 1. The third-order valence-corrected chi connectivity index (χ3v) is 2.98. The van der Waals surface area contributed by atoms with Crippen LogP contribution in [0.5, 0.6) is 11.5 Å². The molecule has 1 N–H and O–H groups in total. The largest absolute Gasteiger partial charge is 0.507 e. The van der Waals surface area contributed by atoms with Crippen LogP contribution in [0.15, 0.2) is 40.9 Å². The maximum Gasteiger partial charge on any atom is 0.262 e. The first-order valence-electron chi connectivity index (χ1n) is 6.24. The first-order valence-corrected chi connectivity index (χ1v) is 6.24. The van der Waals surface area contributed by atoms with Crippen LogP contribution in [0.3, 0.4) is 0 Å². The van der Waals surface area contributed by atoms with Crippen LogP contribution in [0, 0.1) is 11.6 Å². The molecule has 0 saturated carbocycles. The molecule has 2 aromatic carbocycles. The van der Waals surface area contributed by atoms with Gasteiger partial charge in [-0.25, -0.2) is 8.78 Å². The summed E-state index contributed by atoms with van der Waals surface area (Å²) in [4.78, 5) is 4.04. The summed E-state index contributed by atoms with van der Waals surface area (Å²) in [6, 6.07) is 7.47. The highest BCUT2D eigenvalue weighted by Gasteiger charge is 2.15. The van der Waals surface area contributed by atoms with Crippen molar-refractivity contribution in [1.82, 2.24) is 10.1 Å². The molecular weight excluding hydrogens is 294 g/mol. The van der Waals surface area contributed by atoms with Crippen LogP contribution in [0.1, 0.15) is 0 Å². The van der Waals surface area contributed by atoms with Crippen molar-refractivity contribution in [3.63, 3.8) is 0 Å². The molecule has 0 bridgehead atoms. The summed E-state index contributed by atoms with van der Waals surface area (Å²) in [5, 5.41) is 13.6. The summed E-state index contributed by atoms with van der Waals surface area (Å²) in [6.07, 6.45) is 0. The van der Waals surface area contributed by atoms with E-state index in [-0.39, 0.29) is 28.6 Å². The Morgan fingerprint density at radius 1 is 1.09 bits per heavy atom. The Kier molecular flexibility index (Phi) is 3.46. The molecule has 112 valence electrons. The zero-order chi connectivity index (χ0) is 15.7. The number of hydrogen-bond donors (Lipinski definition) is 1. The van der Waals surface area contributed by atoms with E-state index in [0.29, 0.717) is 5.75 Å². The van der Waals surface area contributed by atoms with Gasteiger partial charge in [-0.05, 0) is 24.3 Å². The minimum Gasteiger partial charge on any atom is -0.507 e. The highest BCUT2D eigenvalue weighted by atomic mass is 19.1. The predicted octanol–water partition coefficient (Wildman–Crippen LogP) is 3.40. The van der Waals surface area contributed by atoms with Crippen molar-refractivity contribution in [3.8, 4) is 34.3 Å². The Morgan fingerprint density at radius 3 is 2.45 bits per heavy atom. The molecule has 3 aromatic rings. The normalized spacial score (nSPS) is 10.7. The van der Waals surface area contributed by atoms with Crippen molar-refractivity contribution in [2.75, 3.05) is 7.11 Å². The molecular formula is C15H10F2N2O3. The number of phenols is 1. The standard InChI is InChI=1S/C15H10F2N2O3/c1-21-11-2-3-12(13(20)7-11)15-18-14(19-22-15)8-4-9(16)6-10(17)5-8/h2-7,20H,1H3. The lowest BCUT2D eigenvalue weighted by molar-refractivity contribution is 0.405. The Bertz CT molecular complexity index is 813. The fraction of sp³-hybridized carbons (Fsp3) is 0.0667. The second-order valence-electron chi connectivity index (χ2n) is 4.46. The maximum absolute atomic E-state index is 13.2. The van der Waals surface area contributed by atoms with Gasteiger partial charge in [0.15, 0.2) is 0 Å². The lowest BCUT2D eigenvalue weighted by Gasteiger charge is -2.02. The zero-order valence-electron chi connectivity index (χ0n) is 11.4. The molecule has 0 amide bonds. The number of hydrogen-bond acceptors (Lipinski definition) is 5. The van der Waals surface area contributed by atoms with E-state index in [0.717, 1.165) is 18.2 Å². The Balaban J connectivity index is 2.00. The van der Waals surface area contributed by atoms with Gasteiger partial charge in [-0.1, -0.05) is 5.16 Å². The Morgan fingerprint density at radius 2 is 1.82 bits per heavy atom. The van der Waals surface area contributed by atoms with Gasteiger partial charge in [-0.3, -0.25) is 0 Å². The molecule has 0 fully saturated rings.